The van der Waals surface area contributed by atoms with Gasteiger partial charge in [0, 0.05) is 19.3 Å². The van der Waals surface area contributed by atoms with E-state index in [0.29, 0.717) is 13.3 Å². The second-order valence-corrected chi connectivity index (χ2v) is 8.79. The molecule has 0 atom stereocenters. The van der Waals surface area contributed by atoms with Crippen LogP contribution in [0.4, 0.5) is 11.4 Å². The van der Waals surface area contributed by atoms with Crippen molar-refractivity contribution >= 4 is 44.6 Å². The third-order valence-corrected chi connectivity index (χ3v) is 6.42. The Morgan fingerprint density at radius 3 is 2.26 bits per heavy atom. The number of nitrogens with zero attached hydrogens (tertiary/aromatic N) is 1. The number of para-hydroxylation sites is 1. The predicted molar refractivity (Wildman–Crippen MR) is 112 cm³/mol. The molecule has 2 aromatic carbocycles. The molecule has 0 bridgehead atoms. The van der Waals surface area contributed by atoms with Gasteiger partial charge in [0.05, 0.1) is 20.6 Å². The van der Waals surface area contributed by atoms with E-state index in [1.165, 1.54) is 19.2 Å². The van der Waals surface area contributed by atoms with Crippen LogP contribution < -0.4 is 9.62 Å². The number of ether oxygens (including phenoxy) is 1. The lowest BCUT2D eigenvalue weighted by atomic mass is 10.3. The Labute approximate surface area is 171 Å². The summed E-state index contributed by atoms with van der Waals surface area (Å²) in [7, 11) is -2.35. The van der Waals surface area contributed by atoms with Crippen LogP contribution in [0, 0.1) is 0 Å². The van der Waals surface area contributed by atoms with Crippen LogP contribution in [-0.4, -0.2) is 28.8 Å². The number of nitrogens with one attached hydrogen (secondary N) is 1. The fourth-order valence-electron chi connectivity index (χ4n) is 2.47. The first-order chi connectivity index (χ1) is 12.9. The summed E-state index contributed by atoms with van der Waals surface area (Å²) in [5.41, 5.74) is 1.03. The van der Waals surface area contributed by atoms with Crippen LogP contribution in [0.2, 0.25) is 10.0 Å². The molecule has 0 aliphatic carbocycles. The minimum Gasteiger partial charge on any atom is -0.363 e. The summed E-state index contributed by atoms with van der Waals surface area (Å²) in [5.74, 6) is 0. The third-order valence-electron chi connectivity index (χ3n) is 4.04. The van der Waals surface area contributed by atoms with Crippen molar-refractivity contribution in [2.24, 2.45) is 0 Å². The molecule has 0 amide bonds. The summed E-state index contributed by atoms with van der Waals surface area (Å²) >= 11 is 12.3. The van der Waals surface area contributed by atoms with Crippen molar-refractivity contribution in [1.82, 2.24) is 0 Å². The number of benzene rings is 2. The van der Waals surface area contributed by atoms with E-state index in [0.717, 1.165) is 29.3 Å². The van der Waals surface area contributed by atoms with Gasteiger partial charge >= 0.3 is 0 Å². The second kappa shape index (κ2) is 10.2. The molecule has 148 valence electrons. The topological polar surface area (TPSA) is 58.6 Å². The molecule has 27 heavy (non-hydrogen) atoms. The summed E-state index contributed by atoms with van der Waals surface area (Å²) in [4.78, 5) is 0.149. The number of anilines is 2. The van der Waals surface area contributed by atoms with Gasteiger partial charge in [-0.1, -0.05) is 49.0 Å². The monoisotopic (exact) mass is 430 g/mol. The molecule has 8 heteroatoms. The fraction of sp³-hybridized carbons (Fsp3) is 0.368. The maximum Gasteiger partial charge on any atom is 0.264 e. The summed E-state index contributed by atoms with van der Waals surface area (Å²) in [6.45, 7) is 3.23. The van der Waals surface area contributed by atoms with E-state index in [1.54, 1.807) is 30.3 Å². The van der Waals surface area contributed by atoms with Gasteiger partial charge in [0.1, 0.15) is 6.73 Å². The zero-order valence-electron chi connectivity index (χ0n) is 15.4. The molecule has 0 saturated heterocycles. The second-order valence-electron chi connectivity index (χ2n) is 6.00. The lowest BCUT2D eigenvalue weighted by Crippen LogP contribution is -2.27. The number of rotatable bonds is 10. The van der Waals surface area contributed by atoms with Gasteiger partial charge in [0.25, 0.3) is 10.0 Å². The molecule has 0 radical (unpaired) electrons. The van der Waals surface area contributed by atoms with E-state index in [4.69, 9.17) is 27.9 Å². The van der Waals surface area contributed by atoms with Crippen molar-refractivity contribution in [2.75, 3.05) is 30.0 Å². The van der Waals surface area contributed by atoms with Crippen LogP contribution in [0.1, 0.15) is 26.2 Å². The Morgan fingerprint density at radius 1 is 1.04 bits per heavy atom. The van der Waals surface area contributed by atoms with Crippen molar-refractivity contribution in [1.29, 1.82) is 0 Å². The number of halogens is 2. The molecule has 0 unspecified atom stereocenters. The minimum absolute atomic E-state index is 0.149. The van der Waals surface area contributed by atoms with Gasteiger partial charge in [0.15, 0.2) is 0 Å². The Kier molecular flexibility index (Phi) is 8.23. The first-order valence-corrected chi connectivity index (χ1v) is 10.9. The average molecular weight is 431 g/mol. The van der Waals surface area contributed by atoms with Gasteiger partial charge < -0.3 is 10.1 Å². The highest BCUT2D eigenvalue weighted by molar-refractivity contribution is 7.92. The molecular formula is C19H24Cl2N2O3S. The Balaban J connectivity index is 2.04. The Morgan fingerprint density at radius 2 is 1.67 bits per heavy atom. The highest BCUT2D eigenvalue weighted by Crippen LogP contribution is 2.35. The van der Waals surface area contributed by atoms with E-state index in [9.17, 15) is 8.42 Å². The SMILES string of the molecule is CCCCCOCNc1ccc(S(=O)(=O)N(C)c2c(Cl)cccc2Cl)cc1. The molecule has 0 fully saturated rings. The van der Waals surface area contributed by atoms with Crippen molar-refractivity contribution in [3.63, 3.8) is 0 Å². The molecule has 5 nitrogen and oxygen atoms in total. The predicted octanol–water partition coefficient (Wildman–Crippen LogP) is 5.39. The van der Waals surface area contributed by atoms with Crippen LogP contribution >= 0.6 is 23.2 Å². The molecule has 2 rings (SSSR count). The molecule has 0 saturated carbocycles. The van der Waals surface area contributed by atoms with E-state index < -0.39 is 10.0 Å². The van der Waals surface area contributed by atoms with Gasteiger partial charge in [-0.05, 0) is 42.8 Å². The number of hydrogen-bond acceptors (Lipinski definition) is 4. The number of unbranched alkanes of at least 4 members (excludes halogenated alkanes) is 2. The van der Waals surface area contributed by atoms with Crippen molar-refractivity contribution in [3.05, 3.63) is 52.5 Å². The molecule has 0 spiro atoms. The summed E-state index contributed by atoms with van der Waals surface area (Å²) in [6, 6.07) is 11.3. The molecule has 1 N–H and O–H groups in total. The standard InChI is InChI=1S/C19H24Cl2N2O3S/c1-3-4-5-13-26-14-22-15-9-11-16(12-10-15)27(24,25)23(2)19-17(20)7-6-8-18(19)21/h6-12,22H,3-5,13-14H2,1-2H3. The lowest BCUT2D eigenvalue weighted by Gasteiger charge is -2.22. The summed E-state index contributed by atoms with van der Waals surface area (Å²) in [5, 5.41) is 3.65. The zero-order chi connectivity index (χ0) is 19.9. The normalized spacial score (nSPS) is 11.4. The zero-order valence-corrected chi connectivity index (χ0v) is 17.7. The largest absolute Gasteiger partial charge is 0.363 e. The Hall–Kier alpha value is -1.47. The van der Waals surface area contributed by atoms with Crippen LogP contribution in [0.3, 0.4) is 0 Å². The maximum atomic E-state index is 12.9. The van der Waals surface area contributed by atoms with Gasteiger partial charge in [-0.15, -0.1) is 0 Å². The van der Waals surface area contributed by atoms with Gasteiger partial charge in [-0.25, -0.2) is 8.42 Å². The van der Waals surface area contributed by atoms with Crippen molar-refractivity contribution < 1.29 is 13.2 Å². The molecule has 0 heterocycles. The highest BCUT2D eigenvalue weighted by atomic mass is 35.5. The molecule has 0 aromatic heterocycles. The molecule has 0 aliphatic rings. The van der Waals surface area contributed by atoms with E-state index >= 15 is 0 Å². The number of sulfonamides is 1. The maximum absolute atomic E-state index is 12.9. The summed E-state index contributed by atoms with van der Waals surface area (Å²) in [6.07, 6.45) is 3.34. The molecule has 2 aromatic rings. The van der Waals surface area contributed by atoms with Crippen LogP contribution in [-0.2, 0) is 14.8 Å². The van der Waals surface area contributed by atoms with Gasteiger partial charge in [-0.2, -0.15) is 0 Å². The van der Waals surface area contributed by atoms with Crippen molar-refractivity contribution in [3.8, 4) is 0 Å². The van der Waals surface area contributed by atoms with Crippen LogP contribution in [0.25, 0.3) is 0 Å². The van der Waals surface area contributed by atoms with Crippen LogP contribution in [0.15, 0.2) is 47.4 Å². The molecule has 0 aliphatic heterocycles. The fourth-order valence-corrected chi connectivity index (χ4v) is 4.46. The first kappa shape index (κ1) is 21.8. The quantitative estimate of drug-likeness (QED) is 0.405. The van der Waals surface area contributed by atoms with E-state index in [2.05, 4.69) is 12.2 Å². The number of hydrogen-bond donors (Lipinski definition) is 1. The molecular weight excluding hydrogens is 407 g/mol. The van der Waals surface area contributed by atoms with Gasteiger partial charge in [0.2, 0.25) is 0 Å². The highest BCUT2D eigenvalue weighted by Gasteiger charge is 2.24. The van der Waals surface area contributed by atoms with Crippen molar-refractivity contribution in [2.45, 2.75) is 31.1 Å². The third kappa shape index (κ3) is 5.75. The minimum atomic E-state index is -3.78. The van der Waals surface area contributed by atoms with Crippen LogP contribution in [0.5, 0.6) is 0 Å². The lowest BCUT2D eigenvalue weighted by molar-refractivity contribution is 0.148. The summed E-state index contributed by atoms with van der Waals surface area (Å²) < 4.78 is 32.3. The average Bonchev–Trinajstić information content (AvgIpc) is 2.64. The smallest absolute Gasteiger partial charge is 0.264 e. The Bertz CT molecular complexity index is 822. The van der Waals surface area contributed by atoms with E-state index in [-0.39, 0.29) is 20.6 Å². The first-order valence-electron chi connectivity index (χ1n) is 8.72. The van der Waals surface area contributed by atoms with E-state index in [1.807, 2.05) is 0 Å². The van der Waals surface area contributed by atoms with Gasteiger partial charge in [-0.3, -0.25) is 4.31 Å².